The second kappa shape index (κ2) is 7.63. The third kappa shape index (κ3) is 3.62. The molecule has 0 saturated heterocycles. The number of esters is 1. The van der Waals surface area contributed by atoms with Crippen LogP contribution in [0.15, 0.2) is 65.6 Å². The van der Waals surface area contributed by atoms with Gasteiger partial charge in [-0.3, -0.25) is 9.59 Å². The van der Waals surface area contributed by atoms with Crippen LogP contribution in [-0.4, -0.2) is 35.0 Å². The van der Waals surface area contributed by atoms with E-state index in [0.717, 1.165) is 21.9 Å². The molecule has 1 atom stereocenters. The van der Waals surface area contributed by atoms with Crippen LogP contribution < -0.4 is 10.9 Å². The number of methoxy groups -OCH3 is 1. The van der Waals surface area contributed by atoms with E-state index < -0.39 is 23.5 Å². The van der Waals surface area contributed by atoms with Crippen LogP contribution in [0.2, 0.25) is 0 Å². The van der Waals surface area contributed by atoms with Crippen molar-refractivity contribution in [3.8, 4) is 0 Å². The predicted molar refractivity (Wildman–Crippen MR) is 110 cm³/mol. The summed E-state index contributed by atoms with van der Waals surface area (Å²) in [6.07, 6.45) is 2.03. The molecule has 146 valence electrons. The minimum Gasteiger partial charge on any atom is -0.467 e. The number of para-hydroxylation sites is 2. The van der Waals surface area contributed by atoms with E-state index >= 15 is 0 Å². The van der Waals surface area contributed by atoms with Gasteiger partial charge in [-0.25, -0.2) is 4.79 Å². The third-order valence-electron chi connectivity index (χ3n) is 4.89. The molecule has 0 spiro atoms. The molecule has 1 amide bonds. The number of ether oxygens (including phenoxy) is 1. The first kappa shape index (κ1) is 18.5. The highest BCUT2D eigenvalue weighted by atomic mass is 16.5. The lowest BCUT2D eigenvalue weighted by Gasteiger charge is -2.16. The standard InChI is InChI=1S/C22H19N3O4/c1-29-22(28)19(11-14-12-23-18-9-5-3-7-15(14)18)25-21(27)16-10-13-6-2-4-8-17(13)24-20(16)26/h2-10,12,19,23H,11H2,1H3,(H,24,26)(H,25,27)/t19-/m1/s1. The van der Waals surface area contributed by atoms with E-state index in [0.29, 0.717) is 5.52 Å². The third-order valence-corrected chi connectivity index (χ3v) is 4.89. The van der Waals surface area contributed by atoms with Gasteiger partial charge >= 0.3 is 5.97 Å². The normalized spacial score (nSPS) is 12.0. The van der Waals surface area contributed by atoms with E-state index in [1.54, 1.807) is 24.4 Å². The zero-order valence-electron chi connectivity index (χ0n) is 15.7. The lowest BCUT2D eigenvalue weighted by atomic mass is 10.0. The van der Waals surface area contributed by atoms with Crippen LogP contribution in [0.4, 0.5) is 0 Å². The molecule has 2 heterocycles. The average Bonchev–Trinajstić information content (AvgIpc) is 3.15. The molecule has 2 aromatic carbocycles. The summed E-state index contributed by atoms with van der Waals surface area (Å²) in [5.74, 6) is -1.21. The van der Waals surface area contributed by atoms with Gasteiger partial charge in [0, 0.05) is 29.0 Å². The molecule has 0 unspecified atom stereocenters. The van der Waals surface area contributed by atoms with Crippen LogP contribution in [0.25, 0.3) is 21.8 Å². The molecule has 0 radical (unpaired) electrons. The molecule has 0 fully saturated rings. The van der Waals surface area contributed by atoms with Gasteiger partial charge in [0.05, 0.1) is 7.11 Å². The van der Waals surface area contributed by atoms with Gasteiger partial charge in [-0.2, -0.15) is 0 Å². The van der Waals surface area contributed by atoms with Crippen LogP contribution in [-0.2, 0) is 16.0 Å². The fraction of sp³-hybridized carbons (Fsp3) is 0.136. The number of fused-ring (bicyclic) bond motifs is 2. The summed E-state index contributed by atoms with van der Waals surface area (Å²) < 4.78 is 4.86. The first-order chi connectivity index (χ1) is 14.1. The van der Waals surface area contributed by atoms with Gasteiger partial charge in [0.2, 0.25) is 0 Å². The molecule has 0 aliphatic rings. The summed E-state index contributed by atoms with van der Waals surface area (Å²) in [5.41, 5.74) is 1.86. The Kier molecular flexibility index (Phi) is 4.87. The molecule has 0 aliphatic heterocycles. The number of H-pyrrole nitrogens is 2. The molecule has 29 heavy (non-hydrogen) atoms. The van der Waals surface area contributed by atoms with Crippen molar-refractivity contribution in [1.82, 2.24) is 15.3 Å². The first-order valence-corrected chi connectivity index (χ1v) is 9.12. The number of benzene rings is 2. The van der Waals surface area contributed by atoms with Crippen LogP contribution >= 0.6 is 0 Å². The van der Waals surface area contributed by atoms with Gasteiger partial charge < -0.3 is 20.0 Å². The van der Waals surface area contributed by atoms with E-state index in [9.17, 15) is 14.4 Å². The van der Waals surface area contributed by atoms with E-state index in [1.165, 1.54) is 13.2 Å². The summed E-state index contributed by atoms with van der Waals surface area (Å²) in [7, 11) is 1.26. The fourth-order valence-electron chi connectivity index (χ4n) is 3.41. The lowest BCUT2D eigenvalue weighted by molar-refractivity contribution is -0.142. The number of hydrogen-bond acceptors (Lipinski definition) is 4. The lowest BCUT2D eigenvalue weighted by Crippen LogP contribution is -2.44. The Morgan fingerprint density at radius 2 is 1.79 bits per heavy atom. The van der Waals surface area contributed by atoms with E-state index in [1.807, 2.05) is 30.3 Å². The minimum absolute atomic E-state index is 0.0588. The van der Waals surface area contributed by atoms with Gasteiger partial charge in [-0.1, -0.05) is 36.4 Å². The molecule has 4 aromatic rings. The van der Waals surface area contributed by atoms with Crippen molar-refractivity contribution in [3.63, 3.8) is 0 Å². The Labute approximate surface area is 165 Å². The van der Waals surface area contributed by atoms with Gasteiger partial charge in [0.1, 0.15) is 11.6 Å². The van der Waals surface area contributed by atoms with Gasteiger partial charge in [0.15, 0.2) is 0 Å². The highest BCUT2D eigenvalue weighted by Gasteiger charge is 2.25. The van der Waals surface area contributed by atoms with Crippen LogP contribution in [0.5, 0.6) is 0 Å². The van der Waals surface area contributed by atoms with Crippen LogP contribution in [0.1, 0.15) is 15.9 Å². The second-order valence-corrected chi connectivity index (χ2v) is 6.71. The fourth-order valence-corrected chi connectivity index (χ4v) is 3.41. The number of amides is 1. The molecule has 0 saturated carbocycles. The van der Waals surface area contributed by atoms with Gasteiger partial charge in [-0.05, 0) is 29.1 Å². The minimum atomic E-state index is -0.933. The number of rotatable bonds is 5. The van der Waals surface area contributed by atoms with Crippen molar-refractivity contribution in [2.24, 2.45) is 0 Å². The summed E-state index contributed by atoms with van der Waals surface area (Å²) >= 11 is 0. The van der Waals surface area contributed by atoms with Crippen molar-refractivity contribution in [3.05, 3.63) is 82.3 Å². The van der Waals surface area contributed by atoms with Crippen molar-refractivity contribution < 1.29 is 14.3 Å². The molecule has 4 rings (SSSR count). The smallest absolute Gasteiger partial charge is 0.328 e. The van der Waals surface area contributed by atoms with E-state index in [4.69, 9.17) is 4.74 Å². The van der Waals surface area contributed by atoms with E-state index in [2.05, 4.69) is 15.3 Å². The summed E-state index contributed by atoms with van der Waals surface area (Å²) in [6.45, 7) is 0. The highest BCUT2D eigenvalue weighted by molar-refractivity contribution is 5.99. The number of pyridine rings is 1. The van der Waals surface area contributed by atoms with Gasteiger partial charge in [-0.15, -0.1) is 0 Å². The quantitative estimate of drug-likeness (QED) is 0.456. The Morgan fingerprint density at radius 3 is 2.59 bits per heavy atom. The van der Waals surface area contributed by atoms with Crippen molar-refractivity contribution in [2.75, 3.05) is 7.11 Å². The summed E-state index contributed by atoms with van der Waals surface area (Å²) in [6, 6.07) is 15.4. The first-order valence-electron chi connectivity index (χ1n) is 9.12. The van der Waals surface area contributed by atoms with Crippen molar-refractivity contribution in [2.45, 2.75) is 12.5 Å². The number of hydrogen-bond donors (Lipinski definition) is 3. The number of aromatic nitrogens is 2. The van der Waals surface area contributed by atoms with Crippen LogP contribution in [0.3, 0.4) is 0 Å². The molecular weight excluding hydrogens is 370 g/mol. The largest absolute Gasteiger partial charge is 0.467 e. The number of carbonyl (C=O) groups is 2. The maximum Gasteiger partial charge on any atom is 0.328 e. The molecule has 0 aliphatic carbocycles. The molecule has 7 nitrogen and oxygen atoms in total. The Hall–Kier alpha value is -3.87. The number of carbonyl (C=O) groups excluding carboxylic acids is 2. The topological polar surface area (TPSA) is 104 Å². The van der Waals surface area contributed by atoms with Crippen molar-refractivity contribution in [1.29, 1.82) is 0 Å². The second-order valence-electron chi connectivity index (χ2n) is 6.71. The average molecular weight is 389 g/mol. The van der Waals surface area contributed by atoms with E-state index in [-0.39, 0.29) is 12.0 Å². The zero-order valence-corrected chi connectivity index (χ0v) is 15.7. The number of nitrogens with one attached hydrogen (secondary N) is 3. The molecular formula is C22H19N3O4. The molecule has 7 heteroatoms. The highest BCUT2D eigenvalue weighted by Crippen LogP contribution is 2.19. The predicted octanol–water partition coefficient (Wildman–Crippen LogP) is 2.52. The van der Waals surface area contributed by atoms with Crippen molar-refractivity contribution >= 4 is 33.7 Å². The molecule has 0 bridgehead atoms. The van der Waals surface area contributed by atoms with Crippen LogP contribution in [0, 0.1) is 0 Å². The maximum atomic E-state index is 12.8. The maximum absolute atomic E-state index is 12.8. The SMILES string of the molecule is COC(=O)[C@@H](Cc1c[nH]c2ccccc12)NC(=O)c1cc2ccccc2[nH]c1=O. The van der Waals surface area contributed by atoms with Gasteiger partial charge in [0.25, 0.3) is 11.5 Å². The summed E-state index contributed by atoms with van der Waals surface area (Å²) in [4.78, 5) is 43.3. The Bertz CT molecular complexity index is 1270. The monoisotopic (exact) mass is 389 g/mol. The Morgan fingerprint density at radius 1 is 1.07 bits per heavy atom. The Balaban J connectivity index is 1.63. The molecule has 2 aromatic heterocycles. The summed E-state index contributed by atoms with van der Waals surface area (Å²) in [5, 5.41) is 4.33. The number of aromatic amines is 2. The zero-order chi connectivity index (χ0) is 20.4. The molecule has 3 N–H and O–H groups in total.